The second-order valence-electron chi connectivity index (χ2n) is 2.96. The highest BCUT2D eigenvalue weighted by Gasteiger charge is 2.07. The van der Waals surface area contributed by atoms with Crippen molar-refractivity contribution in [1.29, 1.82) is 0 Å². The minimum absolute atomic E-state index is 0.0193. The van der Waals surface area contributed by atoms with Crippen LogP contribution in [0.3, 0.4) is 0 Å². The summed E-state index contributed by atoms with van der Waals surface area (Å²) in [4.78, 5) is 12.8. The first-order chi connectivity index (χ1) is 5.57. The van der Waals surface area contributed by atoms with Crippen molar-refractivity contribution in [2.75, 3.05) is 26.7 Å². The maximum atomic E-state index is 11.2. The van der Waals surface area contributed by atoms with Gasteiger partial charge < -0.3 is 15.4 Å². The van der Waals surface area contributed by atoms with Crippen LogP contribution < -0.4 is 5.73 Å². The molecule has 4 nitrogen and oxygen atoms in total. The van der Waals surface area contributed by atoms with Gasteiger partial charge in [-0.25, -0.2) is 0 Å². The minimum Gasteiger partial charge on any atom is -0.369 e. The largest absolute Gasteiger partial charge is 0.369 e. The second kappa shape index (κ2) is 5.97. The number of carbonyl (C=O) groups excluding carboxylic acids is 1. The van der Waals surface area contributed by atoms with Crippen LogP contribution in [0.2, 0.25) is 0 Å². The lowest BCUT2D eigenvalue weighted by Crippen LogP contribution is -2.34. The lowest BCUT2D eigenvalue weighted by Gasteiger charge is -2.16. The van der Waals surface area contributed by atoms with E-state index < -0.39 is 0 Å². The number of nitrogens with two attached hydrogens (primary N) is 1. The monoisotopic (exact) mass is 174 g/mol. The van der Waals surface area contributed by atoms with Gasteiger partial charge in [-0.05, 0) is 13.8 Å². The average molecular weight is 174 g/mol. The molecule has 4 heteroatoms. The topological polar surface area (TPSA) is 55.6 Å². The number of ether oxygens (including phenoxy) is 1. The molecule has 0 aliphatic heterocycles. The van der Waals surface area contributed by atoms with Gasteiger partial charge in [0.15, 0.2) is 0 Å². The van der Waals surface area contributed by atoms with Gasteiger partial charge in [0.2, 0.25) is 5.91 Å². The van der Waals surface area contributed by atoms with Crippen molar-refractivity contribution in [3.05, 3.63) is 0 Å². The van der Waals surface area contributed by atoms with E-state index in [9.17, 15) is 4.79 Å². The van der Waals surface area contributed by atoms with Gasteiger partial charge in [0.05, 0.1) is 6.10 Å². The van der Waals surface area contributed by atoms with Crippen LogP contribution in [0.5, 0.6) is 0 Å². The summed E-state index contributed by atoms with van der Waals surface area (Å²) >= 11 is 0. The molecule has 0 aliphatic rings. The third kappa shape index (κ3) is 5.09. The van der Waals surface area contributed by atoms with Crippen LogP contribution in [-0.4, -0.2) is 43.7 Å². The Kier molecular flexibility index (Phi) is 5.66. The lowest BCUT2D eigenvalue weighted by atomic mass is 10.4. The Balaban J connectivity index is 3.57. The number of likely N-dealkylation sites (N-methyl/N-ethyl adjacent to an activating group) is 1. The van der Waals surface area contributed by atoms with E-state index in [2.05, 4.69) is 0 Å². The van der Waals surface area contributed by atoms with Gasteiger partial charge in [-0.15, -0.1) is 0 Å². The van der Waals surface area contributed by atoms with E-state index >= 15 is 0 Å². The standard InChI is InChI=1S/C8H18N2O2/c1-7(2)12-6-8(11)10(3)5-4-9/h7H,4-6,9H2,1-3H3. The SMILES string of the molecule is CC(C)OCC(=O)N(C)CCN. The summed E-state index contributed by atoms with van der Waals surface area (Å²) in [7, 11) is 1.72. The fraction of sp³-hybridized carbons (Fsp3) is 0.875. The number of carbonyl (C=O) groups is 1. The summed E-state index contributed by atoms with van der Waals surface area (Å²) in [5.41, 5.74) is 5.29. The van der Waals surface area contributed by atoms with Gasteiger partial charge in [-0.3, -0.25) is 4.79 Å². The Morgan fingerprint density at radius 3 is 2.58 bits per heavy atom. The molecule has 0 heterocycles. The molecule has 2 N–H and O–H groups in total. The zero-order valence-electron chi connectivity index (χ0n) is 8.04. The molecular weight excluding hydrogens is 156 g/mol. The molecule has 72 valence electrons. The van der Waals surface area contributed by atoms with Gasteiger partial charge in [0.25, 0.3) is 0 Å². The van der Waals surface area contributed by atoms with Gasteiger partial charge in [0, 0.05) is 20.1 Å². The van der Waals surface area contributed by atoms with Gasteiger partial charge >= 0.3 is 0 Å². The number of hydrogen-bond donors (Lipinski definition) is 1. The minimum atomic E-state index is -0.0193. The zero-order chi connectivity index (χ0) is 9.56. The normalized spacial score (nSPS) is 10.4. The third-order valence-electron chi connectivity index (χ3n) is 1.43. The summed E-state index contributed by atoms with van der Waals surface area (Å²) < 4.78 is 5.14. The molecule has 1 amide bonds. The molecule has 0 aromatic rings. The molecular formula is C8H18N2O2. The fourth-order valence-corrected chi connectivity index (χ4v) is 0.666. The van der Waals surface area contributed by atoms with Crippen molar-refractivity contribution in [3.8, 4) is 0 Å². The van der Waals surface area contributed by atoms with Crippen LogP contribution in [0.4, 0.5) is 0 Å². The first-order valence-corrected chi connectivity index (χ1v) is 4.13. The van der Waals surface area contributed by atoms with Crippen molar-refractivity contribution < 1.29 is 9.53 Å². The molecule has 0 unspecified atom stereocenters. The molecule has 0 saturated carbocycles. The Morgan fingerprint density at radius 2 is 2.17 bits per heavy atom. The summed E-state index contributed by atoms with van der Waals surface area (Å²) in [5.74, 6) is -0.0193. The summed E-state index contributed by atoms with van der Waals surface area (Å²) in [6, 6.07) is 0. The zero-order valence-corrected chi connectivity index (χ0v) is 8.04. The van der Waals surface area contributed by atoms with E-state index in [-0.39, 0.29) is 18.6 Å². The molecule has 0 aromatic heterocycles. The van der Waals surface area contributed by atoms with Crippen molar-refractivity contribution >= 4 is 5.91 Å². The van der Waals surface area contributed by atoms with Crippen LogP contribution in [0, 0.1) is 0 Å². The Bertz CT molecular complexity index is 137. The molecule has 0 rings (SSSR count). The molecule has 0 bridgehead atoms. The molecule has 12 heavy (non-hydrogen) atoms. The number of rotatable bonds is 5. The van der Waals surface area contributed by atoms with E-state index in [0.717, 1.165) is 0 Å². The highest BCUT2D eigenvalue weighted by atomic mass is 16.5. The Morgan fingerprint density at radius 1 is 1.58 bits per heavy atom. The number of hydrogen-bond acceptors (Lipinski definition) is 3. The summed E-state index contributed by atoms with van der Waals surface area (Å²) in [6.07, 6.45) is 0.0974. The maximum absolute atomic E-state index is 11.2. The van der Waals surface area contributed by atoms with E-state index in [1.165, 1.54) is 0 Å². The second-order valence-corrected chi connectivity index (χ2v) is 2.96. The van der Waals surface area contributed by atoms with Gasteiger partial charge in [-0.2, -0.15) is 0 Å². The van der Waals surface area contributed by atoms with E-state index in [0.29, 0.717) is 13.1 Å². The first kappa shape index (κ1) is 11.4. The maximum Gasteiger partial charge on any atom is 0.248 e. The molecule has 0 saturated heterocycles. The van der Waals surface area contributed by atoms with Gasteiger partial charge in [-0.1, -0.05) is 0 Å². The van der Waals surface area contributed by atoms with E-state index in [4.69, 9.17) is 10.5 Å². The third-order valence-corrected chi connectivity index (χ3v) is 1.43. The summed E-state index contributed by atoms with van der Waals surface area (Å²) in [5, 5.41) is 0. The average Bonchev–Trinajstić information content (AvgIpc) is 2.00. The van der Waals surface area contributed by atoms with Gasteiger partial charge in [0.1, 0.15) is 6.61 Å². The first-order valence-electron chi connectivity index (χ1n) is 4.13. The molecule has 0 spiro atoms. The lowest BCUT2D eigenvalue weighted by molar-refractivity contribution is -0.136. The van der Waals surface area contributed by atoms with Crippen molar-refractivity contribution in [3.63, 3.8) is 0 Å². The predicted molar refractivity (Wildman–Crippen MR) is 47.8 cm³/mol. The quantitative estimate of drug-likeness (QED) is 0.629. The fourth-order valence-electron chi connectivity index (χ4n) is 0.666. The number of amides is 1. The smallest absolute Gasteiger partial charge is 0.248 e. The van der Waals surface area contributed by atoms with Crippen LogP contribution in [0.1, 0.15) is 13.8 Å². The molecule has 0 aliphatic carbocycles. The predicted octanol–water partition coefficient (Wildman–Crippen LogP) is -0.171. The van der Waals surface area contributed by atoms with Crippen LogP contribution in [-0.2, 0) is 9.53 Å². The Labute approximate surface area is 73.7 Å². The van der Waals surface area contributed by atoms with Crippen LogP contribution in [0.15, 0.2) is 0 Å². The van der Waals surface area contributed by atoms with Crippen molar-refractivity contribution in [2.45, 2.75) is 20.0 Å². The van der Waals surface area contributed by atoms with Crippen LogP contribution >= 0.6 is 0 Å². The summed E-state index contributed by atoms with van der Waals surface area (Å²) in [6.45, 7) is 5.02. The molecule has 0 atom stereocenters. The van der Waals surface area contributed by atoms with E-state index in [1.807, 2.05) is 13.8 Å². The molecule has 0 aromatic carbocycles. The van der Waals surface area contributed by atoms with Crippen LogP contribution in [0.25, 0.3) is 0 Å². The highest BCUT2D eigenvalue weighted by Crippen LogP contribution is 1.90. The number of nitrogens with zero attached hydrogens (tertiary/aromatic N) is 1. The molecule has 0 radical (unpaired) electrons. The molecule has 0 fully saturated rings. The van der Waals surface area contributed by atoms with Crippen molar-refractivity contribution in [2.24, 2.45) is 5.73 Å². The van der Waals surface area contributed by atoms with E-state index in [1.54, 1.807) is 11.9 Å². The Hall–Kier alpha value is -0.610. The highest BCUT2D eigenvalue weighted by molar-refractivity contribution is 5.77. The van der Waals surface area contributed by atoms with Crippen molar-refractivity contribution in [1.82, 2.24) is 4.90 Å².